The van der Waals surface area contributed by atoms with E-state index in [2.05, 4.69) is 39.8 Å². The normalized spacial score (nSPS) is 26.3. The fraction of sp³-hybridized carbons (Fsp3) is 0.708. The van der Waals surface area contributed by atoms with Crippen molar-refractivity contribution in [1.82, 2.24) is 0 Å². The molecule has 1 atom stereocenters. The van der Waals surface area contributed by atoms with Gasteiger partial charge in [-0.25, -0.2) is 0 Å². The van der Waals surface area contributed by atoms with Crippen LogP contribution in [0.1, 0.15) is 81.1 Å². The molecule has 0 unspecified atom stereocenters. The second-order valence-corrected chi connectivity index (χ2v) is 10.2. The molecule has 0 aliphatic heterocycles. The number of hydrogen-bond acceptors (Lipinski definition) is 3. The van der Waals surface area contributed by atoms with Gasteiger partial charge in [0.1, 0.15) is 0 Å². The third-order valence-electron chi connectivity index (χ3n) is 6.73. The molecule has 0 bridgehead atoms. The van der Waals surface area contributed by atoms with Gasteiger partial charge in [0.2, 0.25) is 0 Å². The Morgan fingerprint density at radius 3 is 2.00 bits per heavy atom. The van der Waals surface area contributed by atoms with Crippen LogP contribution in [0.3, 0.4) is 0 Å². The molecule has 0 amide bonds. The van der Waals surface area contributed by atoms with Crippen LogP contribution in [0.15, 0.2) is 23.3 Å². The highest BCUT2D eigenvalue weighted by Gasteiger charge is 2.67. The maximum Gasteiger partial charge on any atom is 0.160 e. The van der Waals surface area contributed by atoms with Gasteiger partial charge in [-0.05, 0) is 79.1 Å². The maximum atomic E-state index is 13.6. The summed E-state index contributed by atoms with van der Waals surface area (Å²) < 4.78 is 0. The average Bonchev–Trinajstić information content (AvgIpc) is 2.58. The minimum absolute atomic E-state index is 0.0455. The highest BCUT2D eigenvalue weighted by Crippen LogP contribution is 2.56. The number of allylic oxidation sites excluding steroid dienone is 4. The standard InChI is InChI=1S/C24H36O3/c1-15(2)10-9-11-17-12-13-24(18(14-17)16(3)4)20(26)22(5,6)19(25)23(7,8)21(24)27/h10,12,16,18H,9,11,13-14H2,1-8H3/t18-/m1/s1. The van der Waals surface area contributed by atoms with Crippen molar-refractivity contribution in [1.29, 1.82) is 0 Å². The van der Waals surface area contributed by atoms with Gasteiger partial charge in [0.15, 0.2) is 17.3 Å². The second-order valence-electron chi connectivity index (χ2n) is 10.2. The van der Waals surface area contributed by atoms with Gasteiger partial charge in [-0.3, -0.25) is 14.4 Å². The van der Waals surface area contributed by atoms with Crippen LogP contribution in [0.25, 0.3) is 0 Å². The van der Waals surface area contributed by atoms with Gasteiger partial charge >= 0.3 is 0 Å². The zero-order valence-corrected chi connectivity index (χ0v) is 18.4. The number of hydrogen-bond donors (Lipinski definition) is 0. The Hall–Kier alpha value is -1.51. The van der Waals surface area contributed by atoms with Gasteiger partial charge in [-0.1, -0.05) is 37.1 Å². The molecule has 2 aliphatic rings. The molecule has 150 valence electrons. The lowest BCUT2D eigenvalue weighted by Crippen LogP contribution is -2.66. The van der Waals surface area contributed by atoms with Crippen molar-refractivity contribution >= 4 is 17.3 Å². The topological polar surface area (TPSA) is 51.2 Å². The van der Waals surface area contributed by atoms with Crippen LogP contribution >= 0.6 is 0 Å². The summed E-state index contributed by atoms with van der Waals surface area (Å²) in [6.45, 7) is 15.2. The van der Waals surface area contributed by atoms with Crippen LogP contribution in [0.2, 0.25) is 0 Å². The Labute approximate surface area is 164 Å². The minimum Gasteiger partial charge on any atom is -0.298 e. The van der Waals surface area contributed by atoms with E-state index in [-0.39, 0.29) is 29.2 Å². The SMILES string of the molecule is CC(C)=CCCC1=CCC2(C(=O)C(C)(C)C(=O)C(C)(C)C2=O)[C@@H](C(C)C)C1. The van der Waals surface area contributed by atoms with Crippen LogP contribution < -0.4 is 0 Å². The molecular weight excluding hydrogens is 336 g/mol. The Kier molecular flexibility index (Phi) is 5.76. The van der Waals surface area contributed by atoms with Crippen molar-refractivity contribution in [2.75, 3.05) is 0 Å². The fourth-order valence-corrected chi connectivity index (χ4v) is 5.28. The monoisotopic (exact) mass is 372 g/mol. The van der Waals surface area contributed by atoms with Crippen molar-refractivity contribution in [2.45, 2.75) is 81.1 Å². The van der Waals surface area contributed by atoms with Gasteiger partial charge in [0, 0.05) is 0 Å². The van der Waals surface area contributed by atoms with Gasteiger partial charge in [0.25, 0.3) is 0 Å². The van der Waals surface area contributed by atoms with E-state index in [9.17, 15) is 14.4 Å². The zero-order valence-electron chi connectivity index (χ0n) is 18.4. The summed E-state index contributed by atoms with van der Waals surface area (Å²) in [5, 5.41) is 0. The molecule has 0 aromatic rings. The van der Waals surface area contributed by atoms with Crippen molar-refractivity contribution in [3.63, 3.8) is 0 Å². The van der Waals surface area contributed by atoms with E-state index in [0.717, 1.165) is 19.3 Å². The van der Waals surface area contributed by atoms with Gasteiger partial charge in [0.05, 0.1) is 16.2 Å². The molecule has 1 spiro atoms. The van der Waals surface area contributed by atoms with E-state index >= 15 is 0 Å². The molecule has 27 heavy (non-hydrogen) atoms. The first-order chi connectivity index (χ1) is 12.3. The molecule has 1 fully saturated rings. The molecule has 3 nitrogen and oxygen atoms in total. The molecule has 0 aromatic heterocycles. The van der Waals surface area contributed by atoms with Crippen LogP contribution in [-0.4, -0.2) is 17.3 Å². The van der Waals surface area contributed by atoms with E-state index in [1.54, 1.807) is 27.7 Å². The summed E-state index contributed by atoms with van der Waals surface area (Å²) >= 11 is 0. The predicted octanol–water partition coefficient (Wildman–Crippen LogP) is 5.48. The number of Topliss-reactive ketones (excluding diaryl/α,β-unsaturated/α-hetero) is 3. The zero-order chi connectivity index (χ0) is 20.8. The number of carbonyl (C=O) groups excluding carboxylic acids is 3. The van der Waals surface area contributed by atoms with E-state index in [1.807, 2.05) is 0 Å². The molecule has 0 heterocycles. The molecule has 0 saturated heterocycles. The second kappa shape index (κ2) is 7.14. The van der Waals surface area contributed by atoms with Crippen molar-refractivity contribution in [2.24, 2.45) is 28.1 Å². The lowest BCUT2D eigenvalue weighted by Gasteiger charge is -2.53. The molecule has 0 aromatic carbocycles. The lowest BCUT2D eigenvalue weighted by molar-refractivity contribution is -0.172. The van der Waals surface area contributed by atoms with E-state index in [0.29, 0.717) is 6.42 Å². The smallest absolute Gasteiger partial charge is 0.160 e. The van der Waals surface area contributed by atoms with E-state index < -0.39 is 16.2 Å². The van der Waals surface area contributed by atoms with E-state index in [1.165, 1.54) is 11.1 Å². The third kappa shape index (κ3) is 3.39. The molecule has 0 N–H and O–H groups in total. The molecule has 2 aliphatic carbocycles. The summed E-state index contributed by atoms with van der Waals surface area (Å²) in [6, 6.07) is 0. The Bertz CT molecular complexity index is 682. The van der Waals surface area contributed by atoms with Crippen molar-refractivity contribution < 1.29 is 14.4 Å². The van der Waals surface area contributed by atoms with Gasteiger partial charge in [-0.2, -0.15) is 0 Å². The van der Waals surface area contributed by atoms with Crippen LogP contribution in [0, 0.1) is 28.1 Å². The Morgan fingerprint density at radius 2 is 1.56 bits per heavy atom. The Balaban J connectivity index is 2.51. The van der Waals surface area contributed by atoms with Crippen LogP contribution in [0.5, 0.6) is 0 Å². The molecule has 1 saturated carbocycles. The third-order valence-corrected chi connectivity index (χ3v) is 6.73. The van der Waals surface area contributed by atoms with Crippen LogP contribution in [-0.2, 0) is 14.4 Å². The molecule has 3 heteroatoms. The summed E-state index contributed by atoms with van der Waals surface area (Å²) in [4.78, 5) is 40.1. The Morgan fingerprint density at radius 1 is 1.04 bits per heavy atom. The quantitative estimate of drug-likeness (QED) is 0.484. The largest absolute Gasteiger partial charge is 0.298 e. The average molecular weight is 373 g/mol. The summed E-state index contributed by atoms with van der Waals surface area (Å²) in [6.07, 6.45) is 7.53. The molecule has 0 radical (unpaired) electrons. The lowest BCUT2D eigenvalue weighted by atomic mass is 9.45. The molecular formula is C24H36O3. The fourth-order valence-electron chi connectivity index (χ4n) is 5.28. The highest BCUT2D eigenvalue weighted by atomic mass is 16.2. The summed E-state index contributed by atoms with van der Waals surface area (Å²) in [5.41, 5.74) is -0.641. The number of rotatable bonds is 4. The first kappa shape index (κ1) is 21.8. The highest BCUT2D eigenvalue weighted by molar-refractivity contribution is 6.30. The van der Waals surface area contributed by atoms with Gasteiger partial charge in [-0.15, -0.1) is 0 Å². The first-order valence-corrected chi connectivity index (χ1v) is 10.3. The van der Waals surface area contributed by atoms with E-state index in [4.69, 9.17) is 0 Å². The summed E-state index contributed by atoms with van der Waals surface area (Å²) in [5.74, 6) is -0.414. The van der Waals surface area contributed by atoms with Crippen molar-refractivity contribution in [3.8, 4) is 0 Å². The number of ketones is 3. The summed E-state index contributed by atoms with van der Waals surface area (Å²) in [7, 11) is 0. The van der Waals surface area contributed by atoms with Gasteiger partial charge < -0.3 is 0 Å². The minimum atomic E-state index is -1.11. The number of carbonyl (C=O) groups is 3. The maximum absolute atomic E-state index is 13.6. The predicted molar refractivity (Wildman–Crippen MR) is 109 cm³/mol. The first-order valence-electron chi connectivity index (χ1n) is 10.3. The van der Waals surface area contributed by atoms with Crippen LogP contribution in [0.4, 0.5) is 0 Å². The van der Waals surface area contributed by atoms with Crippen molar-refractivity contribution in [3.05, 3.63) is 23.3 Å². The molecule has 2 rings (SSSR count).